The van der Waals surface area contributed by atoms with Crippen LogP contribution in [0.15, 0.2) is 24.3 Å². The molecule has 2 atom stereocenters. The van der Waals surface area contributed by atoms with Crippen molar-refractivity contribution in [1.82, 2.24) is 10.2 Å². The molecule has 0 saturated carbocycles. The molecule has 2 unspecified atom stereocenters. The molecular formula is C20H25N3O3. The molecule has 3 fully saturated rings. The van der Waals surface area contributed by atoms with E-state index in [9.17, 15) is 14.4 Å². The van der Waals surface area contributed by atoms with Gasteiger partial charge in [0.15, 0.2) is 0 Å². The summed E-state index contributed by atoms with van der Waals surface area (Å²) >= 11 is 0. The monoisotopic (exact) mass is 355 g/mol. The second-order valence-corrected chi connectivity index (χ2v) is 7.80. The molecule has 4 rings (SSSR count). The van der Waals surface area contributed by atoms with E-state index < -0.39 is 0 Å². The molecule has 6 nitrogen and oxygen atoms in total. The number of carbonyl (C=O) groups excluding carboxylic acids is 3. The van der Waals surface area contributed by atoms with Crippen LogP contribution in [-0.4, -0.2) is 34.7 Å². The van der Waals surface area contributed by atoms with Crippen molar-refractivity contribution >= 4 is 23.4 Å². The molecule has 0 spiro atoms. The highest BCUT2D eigenvalue weighted by Crippen LogP contribution is 2.32. The Bertz CT molecular complexity index is 688. The first-order valence-electron chi connectivity index (χ1n) is 9.55. The smallest absolute Gasteiger partial charge is 0.229 e. The molecule has 1 aromatic rings. The van der Waals surface area contributed by atoms with Crippen molar-refractivity contribution in [1.29, 1.82) is 0 Å². The van der Waals surface area contributed by atoms with Crippen molar-refractivity contribution in [3.05, 3.63) is 29.8 Å². The predicted molar refractivity (Wildman–Crippen MR) is 97.1 cm³/mol. The number of nitrogens with zero attached hydrogens (tertiary/aromatic N) is 1. The summed E-state index contributed by atoms with van der Waals surface area (Å²) < 4.78 is 0. The Morgan fingerprint density at radius 2 is 1.65 bits per heavy atom. The normalized spacial score (nSPS) is 27.8. The molecule has 0 aliphatic carbocycles. The molecule has 1 aromatic carbocycles. The van der Waals surface area contributed by atoms with Gasteiger partial charge in [0, 0.05) is 37.0 Å². The van der Waals surface area contributed by atoms with Gasteiger partial charge in [0.2, 0.25) is 17.7 Å². The molecule has 2 N–H and O–H groups in total. The maximum Gasteiger partial charge on any atom is 0.229 e. The fourth-order valence-corrected chi connectivity index (χ4v) is 4.49. The van der Waals surface area contributed by atoms with Crippen LogP contribution >= 0.6 is 0 Å². The van der Waals surface area contributed by atoms with Crippen LogP contribution in [-0.2, 0) is 20.9 Å². The molecule has 3 amide bonds. The second kappa shape index (κ2) is 7.19. The van der Waals surface area contributed by atoms with Crippen LogP contribution in [0.3, 0.4) is 0 Å². The molecule has 2 bridgehead atoms. The van der Waals surface area contributed by atoms with E-state index in [4.69, 9.17) is 0 Å². The van der Waals surface area contributed by atoms with Gasteiger partial charge in [-0.05, 0) is 49.3 Å². The van der Waals surface area contributed by atoms with E-state index in [1.807, 2.05) is 24.3 Å². The van der Waals surface area contributed by atoms with Crippen LogP contribution in [0.5, 0.6) is 0 Å². The van der Waals surface area contributed by atoms with Gasteiger partial charge in [-0.2, -0.15) is 0 Å². The minimum atomic E-state index is -0.108. The number of benzene rings is 1. The third-order valence-electron chi connectivity index (χ3n) is 5.78. The number of amides is 3. The van der Waals surface area contributed by atoms with E-state index in [0.29, 0.717) is 43.8 Å². The zero-order valence-electron chi connectivity index (χ0n) is 14.9. The second-order valence-electron chi connectivity index (χ2n) is 7.80. The number of carbonyl (C=O) groups is 3. The number of fused-ring (bicyclic) bond motifs is 2. The van der Waals surface area contributed by atoms with Crippen molar-refractivity contribution < 1.29 is 14.4 Å². The third-order valence-corrected chi connectivity index (χ3v) is 5.78. The van der Waals surface area contributed by atoms with Gasteiger partial charge < -0.3 is 10.6 Å². The number of hydrogen-bond donors (Lipinski definition) is 2. The fourth-order valence-electron chi connectivity index (χ4n) is 4.49. The van der Waals surface area contributed by atoms with Gasteiger partial charge in [-0.1, -0.05) is 12.1 Å². The summed E-state index contributed by atoms with van der Waals surface area (Å²) in [6.45, 7) is 0.309. The lowest BCUT2D eigenvalue weighted by Gasteiger charge is -2.28. The van der Waals surface area contributed by atoms with E-state index in [1.54, 1.807) is 0 Å². The van der Waals surface area contributed by atoms with Crippen molar-refractivity contribution in [2.75, 3.05) is 5.32 Å². The Morgan fingerprint density at radius 1 is 1.04 bits per heavy atom. The van der Waals surface area contributed by atoms with Crippen molar-refractivity contribution in [3.63, 3.8) is 0 Å². The van der Waals surface area contributed by atoms with Crippen LogP contribution in [0.2, 0.25) is 0 Å². The average Bonchev–Trinajstić information content (AvgIpc) is 3.12. The number of likely N-dealkylation sites (tertiary alicyclic amines) is 1. The Morgan fingerprint density at radius 3 is 2.27 bits per heavy atom. The zero-order chi connectivity index (χ0) is 18.1. The Kier molecular flexibility index (Phi) is 4.76. The highest BCUT2D eigenvalue weighted by molar-refractivity contribution is 6.01. The lowest BCUT2D eigenvalue weighted by atomic mass is 9.89. The molecule has 6 heteroatoms. The summed E-state index contributed by atoms with van der Waals surface area (Å²) in [5.41, 5.74) is 1.65. The quantitative estimate of drug-likeness (QED) is 0.794. The Labute approximate surface area is 153 Å². The number of piperidine rings is 1. The number of imide groups is 1. The lowest BCUT2D eigenvalue weighted by molar-refractivity contribution is -0.139. The van der Waals surface area contributed by atoms with Crippen molar-refractivity contribution in [2.24, 2.45) is 5.92 Å². The van der Waals surface area contributed by atoms with E-state index in [0.717, 1.165) is 24.1 Å². The first-order chi connectivity index (χ1) is 12.6. The van der Waals surface area contributed by atoms with Crippen molar-refractivity contribution in [2.45, 2.75) is 63.6 Å². The molecule has 26 heavy (non-hydrogen) atoms. The van der Waals surface area contributed by atoms with Gasteiger partial charge in [-0.25, -0.2) is 0 Å². The summed E-state index contributed by atoms with van der Waals surface area (Å²) in [6, 6.07) is 8.59. The minimum Gasteiger partial charge on any atom is -0.326 e. The fraction of sp³-hybridized carbons (Fsp3) is 0.550. The standard InChI is InChI=1S/C20H25N3O3/c24-18(11-14-9-16-5-6-17(10-14)21-16)22-15-3-1-13(2-4-15)12-23-19(25)7-8-20(23)26/h1-4,14,16-17,21H,5-12H2,(H,22,24). The third kappa shape index (κ3) is 3.80. The summed E-state index contributed by atoms with van der Waals surface area (Å²) in [7, 11) is 0. The highest BCUT2D eigenvalue weighted by Gasteiger charge is 2.34. The topological polar surface area (TPSA) is 78.5 Å². The maximum absolute atomic E-state index is 12.3. The van der Waals surface area contributed by atoms with Crippen molar-refractivity contribution in [3.8, 4) is 0 Å². The summed E-state index contributed by atoms with van der Waals surface area (Å²) in [4.78, 5) is 37.0. The molecule has 0 aromatic heterocycles. The SMILES string of the molecule is O=C(CC1CC2CCC(C1)N2)Nc1ccc(CN2C(=O)CCC2=O)cc1. The van der Waals surface area contributed by atoms with E-state index >= 15 is 0 Å². The number of hydrogen-bond acceptors (Lipinski definition) is 4. The van der Waals surface area contributed by atoms with Crippen LogP contribution in [0.4, 0.5) is 5.69 Å². The minimum absolute atomic E-state index is 0.0638. The number of anilines is 1. The molecule has 138 valence electrons. The average molecular weight is 355 g/mol. The van der Waals surface area contributed by atoms with Crippen LogP contribution in [0, 0.1) is 5.92 Å². The molecule has 3 aliphatic heterocycles. The van der Waals surface area contributed by atoms with Crippen LogP contribution in [0.25, 0.3) is 0 Å². The molecule has 0 radical (unpaired) electrons. The van der Waals surface area contributed by atoms with Gasteiger partial charge in [0.25, 0.3) is 0 Å². The Balaban J connectivity index is 1.29. The summed E-state index contributed by atoms with van der Waals surface area (Å²) in [6.07, 6.45) is 5.88. The van der Waals surface area contributed by atoms with Crippen LogP contribution < -0.4 is 10.6 Å². The predicted octanol–water partition coefficient (Wildman–Crippen LogP) is 2.19. The first-order valence-corrected chi connectivity index (χ1v) is 9.55. The largest absolute Gasteiger partial charge is 0.326 e. The van der Waals surface area contributed by atoms with E-state index in [2.05, 4.69) is 10.6 Å². The molecular weight excluding hydrogens is 330 g/mol. The summed E-state index contributed by atoms with van der Waals surface area (Å²) in [5.74, 6) is 0.320. The zero-order valence-corrected chi connectivity index (χ0v) is 14.9. The number of nitrogens with one attached hydrogen (secondary N) is 2. The van der Waals surface area contributed by atoms with E-state index in [1.165, 1.54) is 17.7 Å². The first kappa shape index (κ1) is 17.2. The lowest BCUT2D eigenvalue weighted by Crippen LogP contribution is -2.39. The maximum atomic E-state index is 12.3. The molecule has 3 aliphatic rings. The highest BCUT2D eigenvalue weighted by atomic mass is 16.2. The number of rotatable bonds is 5. The van der Waals surface area contributed by atoms with Gasteiger partial charge >= 0.3 is 0 Å². The van der Waals surface area contributed by atoms with Gasteiger partial charge in [-0.3, -0.25) is 19.3 Å². The van der Waals surface area contributed by atoms with E-state index in [-0.39, 0.29) is 17.7 Å². The molecule has 3 heterocycles. The summed E-state index contributed by atoms with van der Waals surface area (Å²) in [5, 5.41) is 6.57. The molecule has 3 saturated heterocycles. The van der Waals surface area contributed by atoms with Gasteiger partial charge in [0.1, 0.15) is 0 Å². The Hall–Kier alpha value is -2.21. The van der Waals surface area contributed by atoms with Crippen LogP contribution in [0.1, 0.15) is 50.5 Å². The van der Waals surface area contributed by atoms with Gasteiger partial charge in [0.05, 0.1) is 6.54 Å². The van der Waals surface area contributed by atoms with Gasteiger partial charge in [-0.15, -0.1) is 0 Å².